The zero-order valence-electron chi connectivity index (χ0n) is 14.3. The Labute approximate surface area is 145 Å². The van der Waals surface area contributed by atoms with E-state index in [-0.39, 0.29) is 12.2 Å². The molecule has 2 aliphatic heterocycles. The van der Waals surface area contributed by atoms with Gasteiger partial charge in [0.2, 0.25) is 0 Å². The Kier molecular flexibility index (Phi) is 5.09. The van der Waals surface area contributed by atoms with Crippen LogP contribution in [0.1, 0.15) is 36.0 Å². The molecular formula is C18H23F2NO4. The first-order valence-corrected chi connectivity index (χ1v) is 8.46. The lowest BCUT2D eigenvalue weighted by atomic mass is 9.77. The summed E-state index contributed by atoms with van der Waals surface area (Å²) in [5, 5.41) is 10.6. The Morgan fingerprint density at radius 2 is 2.04 bits per heavy atom. The van der Waals surface area contributed by atoms with E-state index in [1.807, 2.05) is 0 Å². The first kappa shape index (κ1) is 18.2. The largest absolute Gasteiger partial charge is 0.387 e. The Hall–Kier alpha value is -1.57. The van der Waals surface area contributed by atoms with Crippen LogP contribution in [0.15, 0.2) is 18.2 Å². The van der Waals surface area contributed by atoms with Crippen molar-refractivity contribution < 1.29 is 28.2 Å². The van der Waals surface area contributed by atoms with Gasteiger partial charge in [-0.1, -0.05) is 0 Å². The molecule has 5 nitrogen and oxygen atoms in total. The third-order valence-electron chi connectivity index (χ3n) is 5.16. The molecule has 2 fully saturated rings. The molecule has 0 bridgehead atoms. The molecule has 1 atom stereocenters. The topological polar surface area (TPSA) is 59.0 Å². The standard InChI is InChI=1S/C18H23F2NO4/c1-24-12-17(23)6-9-25-18(11-17)4-7-21(8-5-18)16(22)14-10-13(19)2-3-15(14)20/h2-3,10,23H,4-9,11-12H2,1H3. The van der Waals surface area contributed by atoms with E-state index in [4.69, 9.17) is 9.47 Å². The number of rotatable bonds is 3. The van der Waals surface area contributed by atoms with Crippen LogP contribution in [0.25, 0.3) is 0 Å². The number of nitrogens with zero attached hydrogens (tertiary/aromatic N) is 1. The van der Waals surface area contributed by atoms with Crippen LogP contribution in [0.4, 0.5) is 8.78 Å². The maximum atomic E-state index is 13.8. The second-order valence-corrected chi connectivity index (χ2v) is 7.03. The fraction of sp³-hybridized carbons (Fsp3) is 0.611. The van der Waals surface area contributed by atoms with Gasteiger partial charge in [0.05, 0.1) is 30.0 Å². The lowest BCUT2D eigenvalue weighted by Crippen LogP contribution is -2.56. The van der Waals surface area contributed by atoms with E-state index >= 15 is 0 Å². The molecule has 7 heteroatoms. The van der Waals surface area contributed by atoms with Gasteiger partial charge in [0.25, 0.3) is 5.91 Å². The highest BCUT2D eigenvalue weighted by atomic mass is 19.1. The number of ether oxygens (including phenoxy) is 2. The summed E-state index contributed by atoms with van der Waals surface area (Å²) in [6, 6.07) is 2.88. The number of piperidine rings is 1. The Morgan fingerprint density at radius 3 is 2.72 bits per heavy atom. The normalized spacial score (nSPS) is 26.0. The first-order chi connectivity index (χ1) is 11.9. The van der Waals surface area contributed by atoms with Crippen molar-refractivity contribution in [3.63, 3.8) is 0 Å². The van der Waals surface area contributed by atoms with Crippen LogP contribution >= 0.6 is 0 Å². The molecule has 2 aliphatic rings. The highest BCUT2D eigenvalue weighted by Gasteiger charge is 2.47. The number of carbonyl (C=O) groups excluding carboxylic acids is 1. The minimum Gasteiger partial charge on any atom is -0.387 e. The van der Waals surface area contributed by atoms with Crippen molar-refractivity contribution in [3.8, 4) is 0 Å². The van der Waals surface area contributed by atoms with Crippen LogP contribution in [-0.4, -0.2) is 60.5 Å². The number of hydrogen-bond donors (Lipinski definition) is 1. The monoisotopic (exact) mass is 355 g/mol. The Bertz CT molecular complexity index is 642. The van der Waals surface area contributed by atoms with Crippen LogP contribution < -0.4 is 0 Å². The maximum absolute atomic E-state index is 13.8. The van der Waals surface area contributed by atoms with Gasteiger partial charge in [0.1, 0.15) is 11.6 Å². The predicted octanol–water partition coefficient (Wildman–Crippen LogP) is 2.13. The molecule has 0 radical (unpaired) electrons. The quantitative estimate of drug-likeness (QED) is 0.902. The summed E-state index contributed by atoms with van der Waals surface area (Å²) in [6.45, 7) is 1.43. The van der Waals surface area contributed by atoms with Crippen molar-refractivity contribution in [1.82, 2.24) is 4.90 Å². The molecule has 1 spiro atoms. The molecule has 1 aromatic carbocycles. The number of halogens is 2. The maximum Gasteiger partial charge on any atom is 0.256 e. The van der Waals surface area contributed by atoms with E-state index in [0.29, 0.717) is 45.4 Å². The van der Waals surface area contributed by atoms with E-state index in [1.165, 1.54) is 4.90 Å². The van der Waals surface area contributed by atoms with Crippen LogP contribution in [0.3, 0.4) is 0 Å². The van der Waals surface area contributed by atoms with Gasteiger partial charge in [0.15, 0.2) is 0 Å². The summed E-state index contributed by atoms with van der Waals surface area (Å²) < 4.78 is 38.2. The first-order valence-electron chi connectivity index (χ1n) is 8.46. The number of carbonyl (C=O) groups is 1. The summed E-state index contributed by atoms with van der Waals surface area (Å²) in [5.74, 6) is -1.89. The van der Waals surface area contributed by atoms with Gasteiger partial charge in [-0.15, -0.1) is 0 Å². The highest BCUT2D eigenvalue weighted by molar-refractivity contribution is 5.94. The Balaban J connectivity index is 1.67. The molecule has 0 aliphatic carbocycles. The Morgan fingerprint density at radius 1 is 1.32 bits per heavy atom. The van der Waals surface area contributed by atoms with E-state index < -0.39 is 28.7 Å². The van der Waals surface area contributed by atoms with Crippen LogP contribution in [0.5, 0.6) is 0 Å². The molecule has 1 unspecified atom stereocenters. The summed E-state index contributed by atoms with van der Waals surface area (Å²) in [4.78, 5) is 14.0. The lowest BCUT2D eigenvalue weighted by Gasteiger charge is -2.49. The lowest BCUT2D eigenvalue weighted by molar-refractivity contribution is -0.189. The minimum absolute atomic E-state index is 0.245. The summed E-state index contributed by atoms with van der Waals surface area (Å²) >= 11 is 0. The number of likely N-dealkylation sites (tertiary alicyclic amines) is 1. The molecule has 2 heterocycles. The van der Waals surface area contributed by atoms with Crippen molar-refractivity contribution in [2.75, 3.05) is 33.4 Å². The molecular weight excluding hydrogens is 332 g/mol. The average Bonchev–Trinajstić information content (AvgIpc) is 2.57. The number of hydrogen-bond acceptors (Lipinski definition) is 4. The number of aliphatic hydroxyl groups is 1. The SMILES string of the molecule is COCC1(O)CCOC2(CCN(C(=O)c3cc(F)ccc3F)CC2)C1. The number of methoxy groups -OCH3 is 1. The van der Waals surface area contributed by atoms with Crippen molar-refractivity contribution in [2.45, 2.75) is 36.9 Å². The van der Waals surface area contributed by atoms with Crippen LogP contribution in [-0.2, 0) is 9.47 Å². The van der Waals surface area contributed by atoms with Crippen molar-refractivity contribution in [3.05, 3.63) is 35.4 Å². The fourth-order valence-corrected chi connectivity index (χ4v) is 3.86. The second-order valence-electron chi connectivity index (χ2n) is 7.03. The van der Waals surface area contributed by atoms with Gasteiger partial charge < -0.3 is 19.5 Å². The van der Waals surface area contributed by atoms with Gasteiger partial charge in [0, 0.05) is 33.0 Å². The van der Waals surface area contributed by atoms with Crippen molar-refractivity contribution in [2.24, 2.45) is 0 Å². The van der Waals surface area contributed by atoms with Gasteiger partial charge in [-0.25, -0.2) is 8.78 Å². The smallest absolute Gasteiger partial charge is 0.256 e. The number of benzene rings is 1. The van der Waals surface area contributed by atoms with E-state index in [9.17, 15) is 18.7 Å². The van der Waals surface area contributed by atoms with E-state index in [2.05, 4.69) is 0 Å². The molecule has 1 amide bonds. The van der Waals surface area contributed by atoms with Gasteiger partial charge >= 0.3 is 0 Å². The van der Waals surface area contributed by atoms with Crippen molar-refractivity contribution in [1.29, 1.82) is 0 Å². The zero-order chi connectivity index (χ0) is 18.1. The molecule has 138 valence electrons. The highest BCUT2D eigenvalue weighted by Crippen LogP contribution is 2.40. The summed E-state index contributed by atoms with van der Waals surface area (Å²) in [6.07, 6.45) is 2.05. The molecule has 0 saturated carbocycles. The summed E-state index contributed by atoms with van der Waals surface area (Å²) in [7, 11) is 1.55. The van der Waals surface area contributed by atoms with Gasteiger partial charge in [-0.2, -0.15) is 0 Å². The average molecular weight is 355 g/mol. The predicted molar refractivity (Wildman–Crippen MR) is 86.2 cm³/mol. The van der Waals surface area contributed by atoms with Gasteiger partial charge in [-0.05, 0) is 31.0 Å². The van der Waals surface area contributed by atoms with Gasteiger partial charge in [-0.3, -0.25) is 4.79 Å². The third-order valence-corrected chi connectivity index (χ3v) is 5.16. The zero-order valence-corrected chi connectivity index (χ0v) is 14.3. The molecule has 0 aromatic heterocycles. The van der Waals surface area contributed by atoms with Crippen molar-refractivity contribution >= 4 is 5.91 Å². The molecule has 25 heavy (non-hydrogen) atoms. The molecule has 3 rings (SSSR count). The third kappa shape index (κ3) is 3.83. The minimum atomic E-state index is -0.923. The van der Waals surface area contributed by atoms with E-state index in [1.54, 1.807) is 7.11 Å². The molecule has 1 aromatic rings. The summed E-state index contributed by atoms with van der Waals surface area (Å²) in [5.41, 5.74) is -1.67. The van der Waals surface area contributed by atoms with Crippen LogP contribution in [0.2, 0.25) is 0 Å². The number of amides is 1. The molecule has 2 saturated heterocycles. The second kappa shape index (κ2) is 6.97. The fourth-order valence-electron chi connectivity index (χ4n) is 3.86. The molecule has 1 N–H and O–H groups in total. The van der Waals surface area contributed by atoms with Crippen LogP contribution in [0, 0.1) is 11.6 Å². The van der Waals surface area contributed by atoms with E-state index in [0.717, 1.165) is 18.2 Å².